The van der Waals surface area contributed by atoms with Gasteiger partial charge in [0.05, 0.1) is 0 Å². The number of unbranched alkanes of at least 4 members (excludes halogenated alkanes) is 44. The Labute approximate surface area is 479 Å². The number of carbonyl (C=O) groups is 3. The molecular formula is C71H130O6. The summed E-state index contributed by atoms with van der Waals surface area (Å²) in [5.74, 6) is -0.856. The maximum absolute atomic E-state index is 12.9. The Morgan fingerprint density at radius 3 is 0.792 bits per heavy atom. The molecule has 0 amide bonds. The van der Waals surface area contributed by atoms with E-state index in [0.717, 1.165) is 89.9 Å². The van der Waals surface area contributed by atoms with E-state index < -0.39 is 6.10 Å². The van der Waals surface area contributed by atoms with Gasteiger partial charge in [0.25, 0.3) is 0 Å². The molecule has 0 rings (SSSR count). The van der Waals surface area contributed by atoms with Crippen molar-refractivity contribution in [3.05, 3.63) is 48.6 Å². The molecule has 0 aliphatic heterocycles. The molecule has 0 aromatic heterocycles. The highest BCUT2D eigenvalue weighted by atomic mass is 16.6. The number of esters is 3. The van der Waals surface area contributed by atoms with E-state index in [9.17, 15) is 14.4 Å². The predicted octanol–water partition coefficient (Wildman–Crippen LogP) is 23.3. The van der Waals surface area contributed by atoms with Gasteiger partial charge in [0, 0.05) is 19.3 Å². The predicted molar refractivity (Wildman–Crippen MR) is 335 cm³/mol. The van der Waals surface area contributed by atoms with Crippen molar-refractivity contribution in [1.29, 1.82) is 0 Å². The van der Waals surface area contributed by atoms with Crippen LogP contribution >= 0.6 is 0 Å². The lowest BCUT2D eigenvalue weighted by Crippen LogP contribution is -2.30. The van der Waals surface area contributed by atoms with Gasteiger partial charge >= 0.3 is 17.9 Å². The minimum atomic E-state index is -0.775. The second-order valence-electron chi connectivity index (χ2n) is 23.1. The highest BCUT2D eigenvalue weighted by Gasteiger charge is 2.19. The molecule has 6 heteroatoms. The molecule has 0 spiro atoms. The summed E-state index contributed by atoms with van der Waals surface area (Å²) in [7, 11) is 0. The molecule has 0 bridgehead atoms. The standard InChI is InChI=1S/C71H130O6/c1-4-7-10-13-16-19-22-24-26-28-30-32-33-34-35-36-37-39-40-42-44-46-49-52-55-58-61-64-70(73)76-67-68(66-75-69(72)63-60-57-54-51-48-21-18-15-12-9-6-3)77-71(74)65-62-59-56-53-50-47-45-43-41-38-31-29-27-25-23-20-17-14-11-8-5-2/h8,11,17,20,25,27,31,38,68H,4-7,9-10,12-16,18-19,21-24,26,28-30,32-37,39-67H2,1-3H3/b11-8-,20-17-,27-25-,38-31-. The van der Waals surface area contributed by atoms with Crippen molar-refractivity contribution in [3.8, 4) is 0 Å². The molecule has 0 fully saturated rings. The van der Waals surface area contributed by atoms with E-state index in [4.69, 9.17) is 14.2 Å². The van der Waals surface area contributed by atoms with Crippen LogP contribution in [0.4, 0.5) is 0 Å². The summed E-state index contributed by atoms with van der Waals surface area (Å²) in [5.41, 5.74) is 0. The summed E-state index contributed by atoms with van der Waals surface area (Å²) in [6, 6.07) is 0. The summed E-state index contributed by atoms with van der Waals surface area (Å²) < 4.78 is 16.9. The van der Waals surface area contributed by atoms with Crippen molar-refractivity contribution in [2.75, 3.05) is 13.2 Å². The van der Waals surface area contributed by atoms with Crippen molar-refractivity contribution in [2.24, 2.45) is 0 Å². The zero-order valence-electron chi connectivity index (χ0n) is 51.7. The number of hydrogen-bond donors (Lipinski definition) is 0. The summed E-state index contributed by atoms with van der Waals surface area (Å²) in [5, 5.41) is 0. The van der Waals surface area contributed by atoms with E-state index in [1.54, 1.807) is 0 Å². The van der Waals surface area contributed by atoms with Crippen LogP contribution in [0.15, 0.2) is 48.6 Å². The summed E-state index contributed by atoms with van der Waals surface area (Å²) >= 11 is 0. The van der Waals surface area contributed by atoms with Crippen LogP contribution in [0, 0.1) is 0 Å². The molecule has 0 radical (unpaired) electrons. The third-order valence-electron chi connectivity index (χ3n) is 15.3. The van der Waals surface area contributed by atoms with Crippen LogP contribution in [0.3, 0.4) is 0 Å². The van der Waals surface area contributed by atoms with Gasteiger partial charge in [-0.1, -0.05) is 339 Å². The molecule has 77 heavy (non-hydrogen) atoms. The van der Waals surface area contributed by atoms with Crippen LogP contribution < -0.4 is 0 Å². The number of hydrogen-bond acceptors (Lipinski definition) is 6. The fraction of sp³-hybridized carbons (Fsp3) is 0.845. The van der Waals surface area contributed by atoms with Gasteiger partial charge in [-0.15, -0.1) is 0 Å². The minimum absolute atomic E-state index is 0.0713. The lowest BCUT2D eigenvalue weighted by molar-refractivity contribution is -0.167. The Bertz CT molecular complexity index is 1330. The Kier molecular flexibility index (Phi) is 63.6. The summed E-state index contributed by atoms with van der Waals surface area (Å²) in [6.45, 7) is 6.58. The molecule has 0 aromatic carbocycles. The Morgan fingerprint density at radius 1 is 0.273 bits per heavy atom. The molecule has 0 aliphatic carbocycles. The van der Waals surface area contributed by atoms with Crippen molar-refractivity contribution in [1.82, 2.24) is 0 Å². The van der Waals surface area contributed by atoms with Crippen molar-refractivity contribution in [2.45, 2.75) is 374 Å². The highest BCUT2D eigenvalue weighted by Crippen LogP contribution is 2.18. The minimum Gasteiger partial charge on any atom is -0.462 e. The molecule has 6 nitrogen and oxygen atoms in total. The SMILES string of the molecule is CC/C=C\C/C=C\C/C=C\C/C=C\CCCCCCCCCCC(=O)OC(COC(=O)CCCCCCCCCCCCC)COC(=O)CCCCCCCCCCCCCCCCCCCCCCCCCCCCC. The van der Waals surface area contributed by atoms with Crippen molar-refractivity contribution < 1.29 is 28.6 Å². The molecule has 0 aliphatic rings. The zero-order chi connectivity index (χ0) is 55.7. The Morgan fingerprint density at radius 2 is 0.506 bits per heavy atom. The van der Waals surface area contributed by atoms with Gasteiger partial charge in [-0.2, -0.15) is 0 Å². The van der Waals surface area contributed by atoms with Gasteiger partial charge in [-0.3, -0.25) is 14.4 Å². The highest BCUT2D eigenvalue weighted by molar-refractivity contribution is 5.71. The fourth-order valence-electron chi connectivity index (χ4n) is 10.3. The molecule has 0 aromatic rings. The summed E-state index contributed by atoms with van der Waals surface area (Å²) in [4.78, 5) is 38.3. The van der Waals surface area contributed by atoms with Gasteiger partial charge in [-0.05, 0) is 57.8 Å². The fourth-order valence-corrected chi connectivity index (χ4v) is 10.3. The van der Waals surface area contributed by atoms with Gasteiger partial charge < -0.3 is 14.2 Å². The third-order valence-corrected chi connectivity index (χ3v) is 15.3. The largest absolute Gasteiger partial charge is 0.462 e. The quantitative estimate of drug-likeness (QED) is 0.0261. The van der Waals surface area contributed by atoms with E-state index in [1.165, 1.54) is 238 Å². The average molecular weight is 1080 g/mol. The number of allylic oxidation sites excluding steroid dienone is 8. The first-order chi connectivity index (χ1) is 38.0. The van der Waals surface area contributed by atoms with E-state index in [0.29, 0.717) is 19.3 Å². The number of rotatable bonds is 63. The second kappa shape index (κ2) is 65.9. The van der Waals surface area contributed by atoms with E-state index in [-0.39, 0.29) is 31.1 Å². The number of ether oxygens (including phenoxy) is 3. The molecule has 450 valence electrons. The molecule has 1 atom stereocenters. The smallest absolute Gasteiger partial charge is 0.306 e. The van der Waals surface area contributed by atoms with E-state index in [2.05, 4.69) is 69.4 Å². The van der Waals surface area contributed by atoms with Gasteiger partial charge in [0.2, 0.25) is 0 Å². The van der Waals surface area contributed by atoms with Crippen LogP contribution in [-0.4, -0.2) is 37.2 Å². The average Bonchev–Trinajstić information content (AvgIpc) is 3.43. The second-order valence-corrected chi connectivity index (χ2v) is 23.1. The topological polar surface area (TPSA) is 78.9 Å². The number of carbonyl (C=O) groups excluding carboxylic acids is 3. The Hall–Kier alpha value is -2.63. The van der Waals surface area contributed by atoms with E-state index >= 15 is 0 Å². The lowest BCUT2D eigenvalue weighted by atomic mass is 10.0. The normalized spacial score (nSPS) is 12.3. The first kappa shape index (κ1) is 74.4. The maximum atomic E-state index is 12.9. The maximum Gasteiger partial charge on any atom is 0.306 e. The van der Waals surface area contributed by atoms with E-state index in [1.807, 2.05) is 0 Å². The molecule has 0 saturated carbocycles. The molecular weight excluding hydrogens is 949 g/mol. The van der Waals surface area contributed by atoms with Gasteiger partial charge in [0.15, 0.2) is 6.10 Å². The third kappa shape index (κ3) is 64.1. The van der Waals surface area contributed by atoms with Crippen molar-refractivity contribution in [3.63, 3.8) is 0 Å². The molecule has 0 heterocycles. The molecule has 1 unspecified atom stereocenters. The van der Waals surface area contributed by atoms with Gasteiger partial charge in [-0.25, -0.2) is 0 Å². The van der Waals surface area contributed by atoms with Crippen molar-refractivity contribution >= 4 is 17.9 Å². The van der Waals surface area contributed by atoms with Crippen LogP contribution in [-0.2, 0) is 28.6 Å². The zero-order valence-corrected chi connectivity index (χ0v) is 51.7. The van der Waals surface area contributed by atoms with Crippen LogP contribution in [0.25, 0.3) is 0 Å². The molecule has 0 N–H and O–H groups in total. The van der Waals surface area contributed by atoms with Crippen LogP contribution in [0.2, 0.25) is 0 Å². The lowest BCUT2D eigenvalue weighted by Gasteiger charge is -2.18. The Balaban J connectivity index is 4.18. The molecule has 0 saturated heterocycles. The first-order valence-electron chi connectivity index (χ1n) is 34.1. The van der Waals surface area contributed by atoms with Crippen LogP contribution in [0.1, 0.15) is 367 Å². The first-order valence-corrected chi connectivity index (χ1v) is 34.1. The van der Waals surface area contributed by atoms with Gasteiger partial charge in [0.1, 0.15) is 13.2 Å². The van der Waals surface area contributed by atoms with Crippen LogP contribution in [0.5, 0.6) is 0 Å². The monoisotopic (exact) mass is 1080 g/mol. The summed E-state index contributed by atoms with van der Waals surface area (Å²) in [6.07, 6.45) is 82.9.